The summed E-state index contributed by atoms with van der Waals surface area (Å²) in [7, 11) is 0. The van der Waals surface area contributed by atoms with E-state index < -0.39 is 58.8 Å². The van der Waals surface area contributed by atoms with Gasteiger partial charge in [0, 0.05) is 19.0 Å². The van der Waals surface area contributed by atoms with Crippen LogP contribution in [-0.2, 0) is 19.2 Å². The van der Waals surface area contributed by atoms with Crippen LogP contribution in [0.3, 0.4) is 0 Å². The summed E-state index contributed by atoms with van der Waals surface area (Å²) in [6.07, 6.45) is -1.32. The molecule has 5 atom stereocenters. The van der Waals surface area contributed by atoms with Gasteiger partial charge < -0.3 is 26.2 Å². The number of carbonyl (C=O) groups is 4. The number of hydrogen-bond donors (Lipinski definition) is 4. The van der Waals surface area contributed by atoms with Crippen LogP contribution in [0.4, 0.5) is 0 Å². The fourth-order valence-corrected chi connectivity index (χ4v) is 5.32. The maximum atomic E-state index is 14.1. The first-order chi connectivity index (χ1) is 17.7. The van der Waals surface area contributed by atoms with E-state index in [1.807, 2.05) is 46.8 Å². The van der Waals surface area contributed by atoms with Crippen LogP contribution in [-0.4, -0.2) is 59.8 Å². The lowest BCUT2D eigenvalue weighted by Crippen LogP contribution is -2.69. The first kappa shape index (κ1) is 31.4. The first-order valence-corrected chi connectivity index (χ1v) is 13.5. The van der Waals surface area contributed by atoms with Gasteiger partial charge in [0.2, 0.25) is 5.91 Å². The van der Waals surface area contributed by atoms with Gasteiger partial charge >= 0.3 is 0 Å². The average Bonchev–Trinajstić information content (AvgIpc) is 2.82. The number of rotatable bonds is 12. The second kappa shape index (κ2) is 13.3. The van der Waals surface area contributed by atoms with E-state index >= 15 is 0 Å². The number of ether oxygens (including phenoxy) is 1. The van der Waals surface area contributed by atoms with Gasteiger partial charge in [-0.2, -0.15) is 0 Å². The molecule has 9 nitrogen and oxygen atoms in total. The van der Waals surface area contributed by atoms with Gasteiger partial charge in [0.15, 0.2) is 12.4 Å². The van der Waals surface area contributed by atoms with Crippen LogP contribution in [0.5, 0.6) is 5.75 Å². The van der Waals surface area contributed by atoms with E-state index in [9.17, 15) is 24.3 Å². The van der Waals surface area contributed by atoms with E-state index in [4.69, 9.17) is 10.5 Å². The van der Waals surface area contributed by atoms with Crippen LogP contribution >= 0.6 is 0 Å². The number of carbonyl (C=O) groups excluding carboxylic acids is 4. The van der Waals surface area contributed by atoms with Crippen molar-refractivity contribution in [1.29, 1.82) is 0 Å². The van der Waals surface area contributed by atoms with Crippen molar-refractivity contribution in [2.24, 2.45) is 34.8 Å². The van der Waals surface area contributed by atoms with Crippen molar-refractivity contribution in [1.82, 2.24) is 10.6 Å². The largest absolute Gasteiger partial charge is 0.484 e. The molecule has 1 aliphatic rings. The summed E-state index contributed by atoms with van der Waals surface area (Å²) in [5, 5.41) is 16.7. The van der Waals surface area contributed by atoms with Gasteiger partial charge in [-0.15, -0.1) is 0 Å². The molecule has 0 saturated heterocycles. The Labute approximate surface area is 226 Å². The highest BCUT2D eigenvalue weighted by Crippen LogP contribution is 2.46. The standard InChI is InChI=1S/C29H45N3O6/c1-16(2)12-20(30)26(35)25-22(33)13-21(32-24(34)15-38-23-11-9-8-10-19(23)7)27(36)29(25,18(5)6)28(37)31-14-17(3)4/h8-11,16-18,20-21,25-26,35H,12-15,30H2,1-7H3,(H,31,37)(H,32,34)/t20-,21-,25?,26+,29?/m0/s1. The van der Waals surface area contributed by atoms with Crippen LogP contribution in [0.15, 0.2) is 24.3 Å². The fourth-order valence-electron chi connectivity index (χ4n) is 5.32. The van der Waals surface area contributed by atoms with Gasteiger partial charge in [0.1, 0.15) is 16.9 Å². The Morgan fingerprint density at radius 1 is 1.11 bits per heavy atom. The number of benzene rings is 1. The predicted molar refractivity (Wildman–Crippen MR) is 145 cm³/mol. The predicted octanol–water partition coefficient (Wildman–Crippen LogP) is 2.17. The minimum Gasteiger partial charge on any atom is -0.484 e. The summed E-state index contributed by atoms with van der Waals surface area (Å²) >= 11 is 0. The van der Waals surface area contributed by atoms with E-state index in [2.05, 4.69) is 10.6 Å². The molecule has 2 rings (SSSR count). The fraction of sp³-hybridized carbons (Fsp3) is 0.655. The lowest BCUT2D eigenvalue weighted by Gasteiger charge is -2.48. The van der Waals surface area contributed by atoms with Gasteiger partial charge in [0.05, 0.1) is 18.1 Å². The van der Waals surface area contributed by atoms with Crippen LogP contribution in [0.1, 0.15) is 59.9 Å². The third-order valence-electron chi connectivity index (χ3n) is 7.24. The van der Waals surface area contributed by atoms with Gasteiger partial charge in [-0.1, -0.05) is 59.7 Å². The summed E-state index contributed by atoms with van der Waals surface area (Å²) in [5.41, 5.74) is 5.24. The SMILES string of the molecule is Cc1ccccc1OCC(=O)N[C@H]1CC(=O)C([C@H](O)[C@@H](N)CC(C)C)C(C(=O)NCC(C)C)(C(C)C)C1=O. The molecular formula is C29H45N3O6. The maximum Gasteiger partial charge on any atom is 0.258 e. The zero-order chi connectivity index (χ0) is 28.8. The van der Waals surface area contributed by atoms with E-state index in [0.717, 1.165) is 5.56 Å². The van der Waals surface area contributed by atoms with E-state index in [0.29, 0.717) is 12.2 Å². The van der Waals surface area contributed by atoms with Crippen molar-refractivity contribution in [3.05, 3.63) is 29.8 Å². The van der Waals surface area contributed by atoms with Crippen molar-refractivity contribution in [3.63, 3.8) is 0 Å². The number of hydrogen-bond acceptors (Lipinski definition) is 7. The molecule has 0 aromatic heterocycles. The molecule has 0 aliphatic heterocycles. The lowest BCUT2D eigenvalue weighted by atomic mass is 9.55. The minimum atomic E-state index is -1.90. The molecule has 2 amide bonds. The Balaban J connectivity index is 2.41. The Morgan fingerprint density at radius 3 is 2.29 bits per heavy atom. The average molecular weight is 532 g/mol. The van der Waals surface area contributed by atoms with Crippen molar-refractivity contribution >= 4 is 23.4 Å². The minimum absolute atomic E-state index is 0.0956. The summed E-state index contributed by atoms with van der Waals surface area (Å²) in [4.78, 5) is 54.3. The zero-order valence-corrected chi connectivity index (χ0v) is 23.7. The third kappa shape index (κ3) is 6.99. The third-order valence-corrected chi connectivity index (χ3v) is 7.24. The number of amides is 2. The molecule has 1 fully saturated rings. The Bertz CT molecular complexity index is 1010. The first-order valence-electron chi connectivity index (χ1n) is 13.5. The lowest BCUT2D eigenvalue weighted by molar-refractivity contribution is -0.168. The number of aliphatic hydroxyl groups excluding tert-OH is 1. The monoisotopic (exact) mass is 531 g/mol. The van der Waals surface area contributed by atoms with Crippen molar-refractivity contribution < 1.29 is 29.0 Å². The molecule has 1 aromatic carbocycles. The molecule has 5 N–H and O–H groups in total. The number of nitrogens with one attached hydrogen (secondary N) is 2. The van der Waals surface area contributed by atoms with Crippen molar-refractivity contribution in [2.45, 2.75) is 79.5 Å². The molecule has 9 heteroatoms. The number of Topliss-reactive ketones (excluding diaryl/α,β-unsaturated/α-hetero) is 2. The number of ketones is 2. The number of aliphatic hydroxyl groups is 1. The number of aryl methyl sites for hydroxylation is 1. The highest BCUT2D eigenvalue weighted by molar-refractivity contribution is 6.16. The molecule has 1 aromatic rings. The molecule has 1 saturated carbocycles. The number of nitrogens with two attached hydrogens (primary N) is 1. The van der Waals surface area contributed by atoms with Gasteiger partial charge in [-0.05, 0) is 42.7 Å². The molecule has 212 valence electrons. The molecule has 1 aliphatic carbocycles. The van der Waals surface area contributed by atoms with E-state index in [1.165, 1.54) is 0 Å². The highest BCUT2D eigenvalue weighted by Gasteiger charge is 2.64. The number of para-hydroxylation sites is 1. The van der Waals surface area contributed by atoms with Crippen LogP contribution < -0.4 is 21.1 Å². The summed E-state index contributed by atoms with van der Waals surface area (Å²) in [6.45, 7) is 12.8. The van der Waals surface area contributed by atoms with Gasteiger partial charge in [0.25, 0.3) is 5.91 Å². The highest BCUT2D eigenvalue weighted by atomic mass is 16.5. The smallest absolute Gasteiger partial charge is 0.258 e. The quantitative estimate of drug-likeness (QED) is 0.302. The summed E-state index contributed by atoms with van der Waals surface area (Å²) < 4.78 is 5.60. The molecule has 2 unspecified atom stereocenters. The summed E-state index contributed by atoms with van der Waals surface area (Å²) in [6, 6.07) is 5.17. The Kier molecular flexibility index (Phi) is 11.0. The molecular weight excluding hydrogens is 486 g/mol. The van der Waals surface area contributed by atoms with Gasteiger partial charge in [-0.25, -0.2) is 0 Å². The molecule has 0 bridgehead atoms. The van der Waals surface area contributed by atoms with E-state index in [1.54, 1.807) is 26.0 Å². The topological polar surface area (TPSA) is 148 Å². The second-order valence-corrected chi connectivity index (χ2v) is 11.6. The Hall–Kier alpha value is -2.78. The van der Waals surface area contributed by atoms with E-state index in [-0.39, 0.29) is 31.4 Å². The zero-order valence-electron chi connectivity index (χ0n) is 23.7. The second-order valence-electron chi connectivity index (χ2n) is 11.6. The van der Waals surface area contributed by atoms with Gasteiger partial charge in [-0.3, -0.25) is 19.2 Å². The normalized spacial score (nSPS) is 23.5. The Morgan fingerprint density at radius 2 is 1.74 bits per heavy atom. The maximum absolute atomic E-state index is 14.1. The molecule has 0 spiro atoms. The van der Waals surface area contributed by atoms with Crippen LogP contribution in [0, 0.1) is 36.0 Å². The molecule has 0 heterocycles. The summed E-state index contributed by atoms with van der Waals surface area (Å²) in [5.74, 6) is -3.51. The van der Waals surface area contributed by atoms with Crippen LogP contribution in [0.2, 0.25) is 0 Å². The molecule has 38 heavy (non-hydrogen) atoms. The van der Waals surface area contributed by atoms with Crippen LogP contribution in [0.25, 0.3) is 0 Å². The van der Waals surface area contributed by atoms with Crippen molar-refractivity contribution in [3.8, 4) is 5.75 Å². The van der Waals surface area contributed by atoms with Crippen molar-refractivity contribution in [2.75, 3.05) is 13.2 Å². The molecule has 0 radical (unpaired) electrons.